The van der Waals surface area contributed by atoms with E-state index in [1.165, 1.54) is 21.9 Å². The van der Waals surface area contributed by atoms with Crippen LogP contribution >= 0.6 is 12.4 Å². The minimum Gasteiger partial charge on any atom is -0.330 e. The lowest BCUT2D eigenvalue weighted by Gasteiger charge is -2.06. The van der Waals surface area contributed by atoms with E-state index in [2.05, 4.69) is 36.4 Å². The van der Waals surface area contributed by atoms with E-state index >= 15 is 0 Å². The van der Waals surface area contributed by atoms with Gasteiger partial charge in [0.05, 0.1) is 0 Å². The maximum absolute atomic E-state index is 5.79. The first-order chi connectivity index (χ1) is 6.90. The van der Waals surface area contributed by atoms with E-state index in [0.29, 0.717) is 5.92 Å². The summed E-state index contributed by atoms with van der Waals surface area (Å²) in [4.78, 5) is 0. The van der Waals surface area contributed by atoms with Crippen LogP contribution in [0.3, 0.4) is 0 Å². The lowest BCUT2D eigenvalue weighted by Crippen LogP contribution is -2.10. The molecule has 1 nitrogen and oxygen atoms in total. The Morgan fingerprint density at radius 2 is 1.87 bits per heavy atom. The molecule has 0 heterocycles. The van der Waals surface area contributed by atoms with E-state index in [1.54, 1.807) is 0 Å². The van der Waals surface area contributed by atoms with Gasteiger partial charge in [-0.15, -0.1) is 12.4 Å². The Kier molecular flexibility index (Phi) is 2.68. The van der Waals surface area contributed by atoms with E-state index in [0.717, 1.165) is 13.0 Å². The maximum atomic E-state index is 5.79. The van der Waals surface area contributed by atoms with Gasteiger partial charge in [0.1, 0.15) is 0 Å². The second kappa shape index (κ2) is 3.84. The zero-order valence-corrected chi connectivity index (χ0v) is 9.26. The quantitative estimate of drug-likeness (QED) is 0.784. The van der Waals surface area contributed by atoms with Crippen LogP contribution in [-0.4, -0.2) is 6.54 Å². The predicted octanol–water partition coefficient (Wildman–Crippen LogP) is 2.86. The summed E-state index contributed by atoms with van der Waals surface area (Å²) in [7, 11) is 0. The second-order valence-corrected chi connectivity index (χ2v) is 4.00. The van der Waals surface area contributed by atoms with Crippen molar-refractivity contribution in [2.45, 2.75) is 12.3 Å². The third-order valence-electron chi connectivity index (χ3n) is 3.21. The van der Waals surface area contributed by atoms with Crippen LogP contribution in [0.5, 0.6) is 0 Å². The Hall–Kier alpha value is -1.05. The standard InChI is InChI=1S/C13H13N.ClH/c14-8-11-7-10-5-1-3-9-4-2-6-12(11)13(9)10;/h1-6,11H,7-8,14H2;1H. The third-order valence-corrected chi connectivity index (χ3v) is 3.21. The fourth-order valence-electron chi connectivity index (χ4n) is 2.55. The Morgan fingerprint density at radius 3 is 2.60 bits per heavy atom. The summed E-state index contributed by atoms with van der Waals surface area (Å²) in [5, 5.41) is 2.81. The Bertz CT molecular complexity index is 488. The van der Waals surface area contributed by atoms with Crippen molar-refractivity contribution in [1.29, 1.82) is 0 Å². The SMILES string of the molecule is Cl.NCC1Cc2cccc3cccc1c23. The summed E-state index contributed by atoms with van der Waals surface area (Å²) in [5.74, 6) is 0.538. The van der Waals surface area contributed by atoms with Gasteiger partial charge in [-0.05, 0) is 34.9 Å². The Balaban J connectivity index is 0.000000853. The monoisotopic (exact) mass is 219 g/mol. The molecule has 0 fully saturated rings. The number of hydrogen-bond acceptors (Lipinski definition) is 1. The Morgan fingerprint density at radius 1 is 1.13 bits per heavy atom. The molecule has 78 valence electrons. The van der Waals surface area contributed by atoms with Crippen molar-refractivity contribution in [3.05, 3.63) is 47.5 Å². The van der Waals surface area contributed by atoms with Crippen LogP contribution in [0, 0.1) is 0 Å². The van der Waals surface area contributed by atoms with Crippen molar-refractivity contribution >= 4 is 23.2 Å². The first kappa shape index (κ1) is 10.5. The van der Waals surface area contributed by atoms with Crippen molar-refractivity contribution in [3.8, 4) is 0 Å². The summed E-state index contributed by atoms with van der Waals surface area (Å²) >= 11 is 0. The van der Waals surface area contributed by atoms with Gasteiger partial charge >= 0.3 is 0 Å². The highest BCUT2D eigenvalue weighted by molar-refractivity contribution is 5.91. The fraction of sp³-hybridized carbons (Fsp3) is 0.231. The molecule has 0 saturated carbocycles. The van der Waals surface area contributed by atoms with Gasteiger partial charge in [-0.25, -0.2) is 0 Å². The van der Waals surface area contributed by atoms with E-state index in [1.807, 2.05) is 0 Å². The lowest BCUT2D eigenvalue weighted by atomic mass is 10.0. The lowest BCUT2D eigenvalue weighted by molar-refractivity contribution is 0.724. The first-order valence-corrected chi connectivity index (χ1v) is 5.11. The predicted molar refractivity (Wildman–Crippen MR) is 66.7 cm³/mol. The molecule has 0 radical (unpaired) electrons. The topological polar surface area (TPSA) is 26.0 Å². The highest BCUT2D eigenvalue weighted by atomic mass is 35.5. The number of rotatable bonds is 1. The van der Waals surface area contributed by atoms with Crippen molar-refractivity contribution in [3.63, 3.8) is 0 Å². The van der Waals surface area contributed by atoms with Crippen LogP contribution in [0.15, 0.2) is 36.4 Å². The molecule has 1 aliphatic rings. The molecule has 1 aliphatic carbocycles. The van der Waals surface area contributed by atoms with Crippen LogP contribution in [0.2, 0.25) is 0 Å². The molecule has 2 N–H and O–H groups in total. The molecule has 15 heavy (non-hydrogen) atoms. The average Bonchev–Trinajstić information content (AvgIpc) is 2.60. The van der Waals surface area contributed by atoms with Crippen LogP contribution in [0.25, 0.3) is 10.8 Å². The zero-order valence-electron chi connectivity index (χ0n) is 8.44. The van der Waals surface area contributed by atoms with Gasteiger partial charge in [0, 0.05) is 5.92 Å². The minimum absolute atomic E-state index is 0. The summed E-state index contributed by atoms with van der Waals surface area (Å²) in [6, 6.07) is 13.1. The molecule has 0 spiro atoms. The van der Waals surface area contributed by atoms with Gasteiger partial charge in [-0.3, -0.25) is 0 Å². The molecule has 0 amide bonds. The van der Waals surface area contributed by atoms with E-state index in [4.69, 9.17) is 5.73 Å². The average molecular weight is 220 g/mol. The minimum atomic E-state index is 0. The van der Waals surface area contributed by atoms with Gasteiger partial charge in [0.15, 0.2) is 0 Å². The number of benzene rings is 2. The van der Waals surface area contributed by atoms with Gasteiger partial charge in [-0.2, -0.15) is 0 Å². The third kappa shape index (κ3) is 1.43. The smallest absolute Gasteiger partial charge is 0.000804 e. The highest BCUT2D eigenvalue weighted by Crippen LogP contribution is 2.37. The number of hydrogen-bond donors (Lipinski definition) is 1. The summed E-state index contributed by atoms with van der Waals surface area (Å²) in [6.45, 7) is 0.758. The molecule has 1 unspecified atom stereocenters. The van der Waals surface area contributed by atoms with Crippen molar-refractivity contribution in [2.75, 3.05) is 6.54 Å². The molecule has 2 heteroatoms. The van der Waals surface area contributed by atoms with Crippen LogP contribution in [-0.2, 0) is 6.42 Å². The molecule has 0 saturated heterocycles. The number of nitrogens with two attached hydrogens (primary N) is 1. The molecular weight excluding hydrogens is 206 g/mol. The first-order valence-electron chi connectivity index (χ1n) is 5.11. The van der Waals surface area contributed by atoms with E-state index in [-0.39, 0.29) is 12.4 Å². The molecule has 0 aliphatic heterocycles. The van der Waals surface area contributed by atoms with E-state index in [9.17, 15) is 0 Å². The molecule has 0 bridgehead atoms. The van der Waals surface area contributed by atoms with Gasteiger partial charge < -0.3 is 5.73 Å². The molecule has 2 aromatic carbocycles. The zero-order chi connectivity index (χ0) is 9.54. The maximum Gasteiger partial charge on any atom is 0.000804 e. The molecule has 1 atom stereocenters. The normalized spacial score (nSPS) is 17.8. The van der Waals surface area contributed by atoms with Gasteiger partial charge in [0.25, 0.3) is 0 Å². The van der Waals surface area contributed by atoms with Crippen molar-refractivity contribution in [2.24, 2.45) is 5.73 Å². The highest BCUT2D eigenvalue weighted by Gasteiger charge is 2.22. The van der Waals surface area contributed by atoms with Crippen LogP contribution < -0.4 is 5.73 Å². The number of halogens is 1. The van der Waals surface area contributed by atoms with Crippen LogP contribution in [0.4, 0.5) is 0 Å². The van der Waals surface area contributed by atoms with Crippen molar-refractivity contribution in [1.82, 2.24) is 0 Å². The summed E-state index contributed by atoms with van der Waals surface area (Å²) in [6.07, 6.45) is 1.12. The summed E-state index contributed by atoms with van der Waals surface area (Å²) in [5.41, 5.74) is 8.70. The van der Waals surface area contributed by atoms with E-state index < -0.39 is 0 Å². The molecule has 0 aromatic heterocycles. The van der Waals surface area contributed by atoms with Crippen LogP contribution in [0.1, 0.15) is 17.0 Å². The fourth-order valence-corrected chi connectivity index (χ4v) is 2.55. The van der Waals surface area contributed by atoms with Crippen molar-refractivity contribution < 1.29 is 0 Å². The largest absolute Gasteiger partial charge is 0.330 e. The molecule has 2 aromatic rings. The molecular formula is C13H14ClN. The van der Waals surface area contributed by atoms with Gasteiger partial charge in [0.2, 0.25) is 0 Å². The Labute approximate surface area is 95.7 Å². The van der Waals surface area contributed by atoms with Gasteiger partial charge in [-0.1, -0.05) is 36.4 Å². The second-order valence-electron chi connectivity index (χ2n) is 4.00. The summed E-state index contributed by atoms with van der Waals surface area (Å²) < 4.78 is 0. The molecule has 3 rings (SSSR count).